The molecular formula is C23H18ClF5N4O4. The van der Waals surface area contributed by atoms with Crippen LogP contribution in [0.5, 0.6) is 17.4 Å². The van der Waals surface area contributed by atoms with Crippen LogP contribution in [-0.4, -0.2) is 36.7 Å². The van der Waals surface area contributed by atoms with E-state index in [9.17, 15) is 31.9 Å². The van der Waals surface area contributed by atoms with E-state index in [1.807, 2.05) is 0 Å². The molecule has 4 aromatic rings. The number of aliphatic hydroxyl groups is 1. The summed E-state index contributed by atoms with van der Waals surface area (Å²) < 4.78 is 82.0. The van der Waals surface area contributed by atoms with Gasteiger partial charge in [-0.2, -0.15) is 17.9 Å². The minimum atomic E-state index is -4.82. The van der Waals surface area contributed by atoms with Crippen molar-refractivity contribution >= 4 is 22.4 Å². The second-order valence-electron chi connectivity index (χ2n) is 7.75. The van der Waals surface area contributed by atoms with Gasteiger partial charge in [0, 0.05) is 18.0 Å². The molecule has 2 heterocycles. The number of alkyl halides is 3. The maximum absolute atomic E-state index is 15.0. The zero-order chi connectivity index (χ0) is 27.1. The van der Waals surface area contributed by atoms with Gasteiger partial charge in [0.2, 0.25) is 5.88 Å². The van der Waals surface area contributed by atoms with E-state index in [-0.39, 0.29) is 33.9 Å². The van der Waals surface area contributed by atoms with Crippen LogP contribution in [0.15, 0.2) is 41.3 Å². The molecule has 2 aromatic carbocycles. The molecule has 0 saturated carbocycles. The van der Waals surface area contributed by atoms with E-state index in [1.54, 1.807) is 6.92 Å². The number of hydrogen-bond donors (Lipinski definition) is 1. The smallest absolute Gasteiger partial charge is 0.425 e. The summed E-state index contributed by atoms with van der Waals surface area (Å²) in [5.74, 6) is -3.49. The molecule has 0 aliphatic heterocycles. The maximum atomic E-state index is 15.0. The monoisotopic (exact) mass is 544 g/mol. The molecule has 0 spiro atoms. The molecule has 37 heavy (non-hydrogen) atoms. The predicted octanol–water partition coefficient (Wildman–Crippen LogP) is 5.15. The number of aromatic nitrogens is 4. The summed E-state index contributed by atoms with van der Waals surface area (Å²) in [6.07, 6.45) is -6.49. The minimum absolute atomic E-state index is 0.0212. The van der Waals surface area contributed by atoms with Gasteiger partial charge >= 0.3 is 11.9 Å². The third-order valence-corrected chi connectivity index (χ3v) is 5.67. The SMILES string of the molecule is CCn1c(CO)nn(-c2cc(OC(C)C(F)(F)F)c3c(Oc4c(F)cccc4Cl)ncc(F)c3c2)c1=O. The van der Waals surface area contributed by atoms with Crippen LogP contribution < -0.4 is 15.2 Å². The lowest BCUT2D eigenvalue weighted by molar-refractivity contribution is -0.189. The Labute approximate surface area is 210 Å². The first-order chi connectivity index (χ1) is 17.5. The van der Waals surface area contributed by atoms with Gasteiger partial charge in [-0.3, -0.25) is 4.57 Å². The molecule has 1 unspecified atom stereocenters. The van der Waals surface area contributed by atoms with E-state index >= 15 is 0 Å². The van der Waals surface area contributed by atoms with Crippen molar-refractivity contribution in [1.29, 1.82) is 0 Å². The highest BCUT2D eigenvalue weighted by atomic mass is 35.5. The number of nitrogens with zero attached hydrogens (tertiary/aromatic N) is 4. The van der Waals surface area contributed by atoms with E-state index in [1.165, 1.54) is 12.1 Å². The fourth-order valence-corrected chi connectivity index (χ4v) is 3.73. The number of halogens is 6. The van der Waals surface area contributed by atoms with Crippen LogP contribution in [0.3, 0.4) is 0 Å². The molecule has 0 fully saturated rings. The molecule has 4 rings (SSSR count). The Bertz CT molecular complexity index is 1520. The summed E-state index contributed by atoms with van der Waals surface area (Å²) in [6.45, 7) is 1.88. The molecule has 0 saturated heterocycles. The molecule has 0 bridgehead atoms. The fraction of sp³-hybridized carbons (Fsp3) is 0.261. The molecule has 14 heteroatoms. The Hall–Kier alpha value is -3.71. The third kappa shape index (κ3) is 4.96. The molecule has 1 atom stereocenters. The number of fused-ring (bicyclic) bond motifs is 1. The van der Waals surface area contributed by atoms with Crippen molar-refractivity contribution in [3.05, 3.63) is 69.5 Å². The summed E-state index contributed by atoms with van der Waals surface area (Å²) in [4.78, 5) is 16.6. The van der Waals surface area contributed by atoms with Crippen LogP contribution in [0.1, 0.15) is 19.7 Å². The third-order valence-electron chi connectivity index (χ3n) is 5.38. The van der Waals surface area contributed by atoms with Gasteiger partial charge < -0.3 is 14.6 Å². The van der Waals surface area contributed by atoms with Gasteiger partial charge in [-0.25, -0.2) is 18.6 Å². The molecule has 0 amide bonds. The highest BCUT2D eigenvalue weighted by Crippen LogP contribution is 2.41. The Morgan fingerprint density at radius 1 is 1.19 bits per heavy atom. The Morgan fingerprint density at radius 3 is 2.51 bits per heavy atom. The summed E-state index contributed by atoms with van der Waals surface area (Å²) in [5, 5.41) is 12.6. The van der Waals surface area contributed by atoms with Crippen molar-refractivity contribution in [2.24, 2.45) is 0 Å². The number of aliphatic hydroxyl groups excluding tert-OH is 1. The van der Waals surface area contributed by atoms with Crippen molar-refractivity contribution < 1.29 is 36.5 Å². The van der Waals surface area contributed by atoms with Crippen LogP contribution >= 0.6 is 11.6 Å². The van der Waals surface area contributed by atoms with Crippen molar-refractivity contribution in [2.45, 2.75) is 39.3 Å². The van der Waals surface area contributed by atoms with Crippen molar-refractivity contribution in [3.8, 4) is 23.1 Å². The van der Waals surface area contributed by atoms with E-state index in [2.05, 4.69) is 10.1 Å². The zero-order valence-electron chi connectivity index (χ0n) is 19.2. The van der Waals surface area contributed by atoms with Gasteiger partial charge in [-0.15, -0.1) is 5.10 Å². The fourth-order valence-electron chi connectivity index (χ4n) is 3.53. The first-order valence-corrected chi connectivity index (χ1v) is 11.1. The number of rotatable bonds is 7. The maximum Gasteiger partial charge on any atom is 0.425 e. The van der Waals surface area contributed by atoms with Crippen molar-refractivity contribution in [2.75, 3.05) is 0 Å². The van der Waals surface area contributed by atoms with Gasteiger partial charge in [0.1, 0.15) is 18.2 Å². The van der Waals surface area contributed by atoms with Crippen molar-refractivity contribution in [1.82, 2.24) is 19.3 Å². The van der Waals surface area contributed by atoms with E-state index in [0.717, 1.165) is 34.4 Å². The van der Waals surface area contributed by atoms with Gasteiger partial charge in [-0.1, -0.05) is 17.7 Å². The lowest BCUT2D eigenvalue weighted by Gasteiger charge is -2.20. The zero-order valence-corrected chi connectivity index (χ0v) is 19.9. The lowest BCUT2D eigenvalue weighted by atomic mass is 10.1. The summed E-state index contributed by atoms with van der Waals surface area (Å²) in [5.41, 5.74) is -0.895. The minimum Gasteiger partial charge on any atom is -0.480 e. The topological polar surface area (TPSA) is 91.4 Å². The van der Waals surface area contributed by atoms with Crippen LogP contribution in [0.25, 0.3) is 16.5 Å². The number of para-hydroxylation sites is 1. The first-order valence-electron chi connectivity index (χ1n) is 10.7. The van der Waals surface area contributed by atoms with Crippen LogP contribution in [0, 0.1) is 11.6 Å². The highest BCUT2D eigenvalue weighted by molar-refractivity contribution is 6.32. The van der Waals surface area contributed by atoms with Crippen molar-refractivity contribution in [3.63, 3.8) is 0 Å². The molecule has 196 valence electrons. The summed E-state index contributed by atoms with van der Waals surface area (Å²) >= 11 is 6.00. The van der Waals surface area contributed by atoms with Crippen LogP contribution in [0.2, 0.25) is 5.02 Å². The molecule has 8 nitrogen and oxygen atoms in total. The molecule has 2 aromatic heterocycles. The van der Waals surface area contributed by atoms with Crippen LogP contribution in [-0.2, 0) is 13.2 Å². The highest BCUT2D eigenvalue weighted by Gasteiger charge is 2.39. The van der Waals surface area contributed by atoms with E-state index < -0.39 is 53.6 Å². The Balaban J connectivity index is 2.00. The molecule has 1 N–H and O–H groups in total. The standard InChI is InChI=1S/C23H18ClF5N4O4/c1-3-32-18(10-34)31-33(22(32)35)12-7-13-16(26)9-30-21(37-20-14(24)5-4-6-15(20)25)19(13)17(8-12)36-11(2)23(27,28)29/h4-9,11,34H,3,10H2,1-2H3. The largest absolute Gasteiger partial charge is 0.480 e. The van der Waals surface area contributed by atoms with E-state index in [0.29, 0.717) is 6.20 Å². The molecule has 0 aliphatic carbocycles. The summed E-state index contributed by atoms with van der Waals surface area (Å²) in [6, 6.07) is 5.77. The number of ether oxygens (including phenoxy) is 2. The van der Waals surface area contributed by atoms with Gasteiger partial charge in [-0.05, 0) is 32.0 Å². The number of benzene rings is 2. The van der Waals surface area contributed by atoms with Crippen LogP contribution in [0.4, 0.5) is 22.0 Å². The average Bonchev–Trinajstić information content (AvgIpc) is 3.17. The molecular weight excluding hydrogens is 527 g/mol. The number of pyridine rings is 1. The second kappa shape index (κ2) is 9.98. The predicted molar refractivity (Wildman–Crippen MR) is 122 cm³/mol. The van der Waals surface area contributed by atoms with Gasteiger partial charge in [0.15, 0.2) is 23.5 Å². The summed E-state index contributed by atoms with van der Waals surface area (Å²) in [7, 11) is 0. The second-order valence-corrected chi connectivity index (χ2v) is 8.15. The number of hydrogen-bond acceptors (Lipinski definition) is 6. The van der Waals surface area contributed by atoms with Gasteiger partial charge in [0.05, 0.1) is 22.3 Å². The molecule has 0 radical (unpaired) electrons. The Kier molecular flexibility index (Phi) is 7.11. The van der Waals surface area contributed by atoms with E-state index in [4.69, 9.17) is 21.1 Å². The quantitative estimate of drug-likeness (QED) is 0.324. The molecule has 0 aliphatic rings. The lowest BCUT2D eigenvalue weighted by Crippen LogP contribution is -2.31. The van der Waals surface area contributed by atoms with Gasteiger partial charge in [0.25, 0.3) is 0 Å². The first kappa shape index (κ1) is 26.4. The Morgan fingerprint density at radius 2 is 1.92 bits per heavy atom. The average molecular weight is 545 g/mol. The normalized spacial score (nSPS) is 12.7.